The Hall–Kier alpha value is -0.260. The molecule has 1 fully saturated rings. The summed E-state index contributed by atoms with van der Waals surface area (Å²) >= 11 is 1.44. The molecule has 2 unspecified atom stereocenters. The lowest BCUT2D eigenvalue weighted by atomic mass is 10.3. The number of amides is 1. The molecule has 64 valence electrons. The predicted octanol–water partition coefficient (Wildman–Crippen LogP) is -0.945. The molecule has 4 nitrogen and oxygen atoms in total. The Morgan fingerprint density at radius 2 is 2.45 bits per heavy atom. The number of aliphatic hydroxyl groups is 1. The number of nitrogens with one attached hydrogen (secondary N) is 1. The van der Waals surface area contributed by atoms with E-state index in [4.69, 9.17) is 0 Å². The first-order chi connectivity index (χ1) is 5.15. The van der Waals surface area contributed by atoms with Crippen LogP contribution in [0.3, 0.4) is 0 Å². The van der Waals surface area contributed by atoms with Crippen LogP contribution in [0.25, 0.3) is 0 Å². The molecule has 11 heavy (non-hydrogen) atoms. The summed E-state index contributed by atoms with van der Waals surface area (Å²) < 4.78 is 0. The minimum Gasteiger partial charge on any atom is -0.375 e. The molecule has 1 amide bonds. The lowest BCUT2D eigenvalue weighted by molar-refractivity contribution is -0.131. The number of aliphatic hydroxyl groups excluding tert-OH is 1. The van der Waals surface area contributed by atoms with Crippen molar-refractivity contribution in [2.45, 2.75) is 11.6 Å². The van der Waals surface area contributed by atoms with E-state index in [1.54, 1.807) is 11.9 Å². The van der Waals surface area contributed by atoms with Gasteiger partial charge in [0.05, 0.1) is 6.54 Å². The number of likely N-dealkylation sites (N-methyl/N-ethyl adjacent to an activating group) is 1. The van der Waals surface area contributed by atoms with E-state index in [0.29, 0.717) is 0 Å². The Balaban J connectivity index is 2.58. The molecule has 0 saturated carbocycles. The van der Waals surface area contributed by atoms with E-state index >= 15 is 0 Å². The molecule has 5 heteroatoms. The third-order valence-electron chi connectivity index (χ3n) is 1.67. The highest BCUT2D eigenvalue weighted by atomic mass is 32.2. The number of piperazine rings is 1. The minimum absolute atomic E-state index is 0.0304. The van der Waals surface area contributed by atoms with Gasteiger partial charge in [-0.1, -0.05) is 0 Å². The molecule has 2 N–H and O–H groups in total. The van der Waals surface area contributed by atoms with Gasteiger partial charge in [0, 0.05) is 0 Å². The van der Waals surface area contributed by atoms with Crippen molar-refractivity contribution in [3.05, 3.63) is 0 Å². The zero-order valence-corrected chi connectivity index (χ0v) is 7.39. The lowest BCUT2D eigenvalue weighted by Crippen LogP contribution is -2.57. The standard InChI is InChI=1S/C6H12N2O2S/c1-8-3-4(9)7-5(11-2)6(8)10/h5-6,10H,3H2,1-2H3,(H,7,9). The number of carbonyl (C=O) groups is 1. The van der Waals surface area contributed by atoms with Gasteiger partial charge in [0.2, 0.25) is 5.91 Å². The van der Waals surface area contributed by atoms with Gasteiger partial charge in [-0.15, -0.1) is 11.8 Å². The highest BCUT2D eigenvalue weighted by Gasteiger charge is 2.29. The second-order valence-electron chi connectivity index (χ2n) is 2.55. The number of hydrogen-bond donors (Lipinski definition) is 2. The van der Waals surface area contributed by atoms with E-state index in [2.05, 4.69) is 5.32 Å². The Kier molecular flexibility index (Phi) is 2.75. The average molecular weight is 176 g/mol. The number of rotatable bonds is 1. The van der Waals surface area contributed by atoms with Crippen LogP contribution in [0.4, 0.5) is 0 Å². The maximum absolute atomic E-state index is 10.9. The van der Waals surface area contributed by atoms with Crippen LogP contribution in [0, 0.1) is 0 Å². The highest BCUT2D eigenvalue weighted by Crippen LogP contribution is 2.13. The van der Waals surface area contributed by atoms with E-state index in [1.807, 2.05) is 6.26 Å². The second-order valence-corrected chi connectivity index (χ2v) is 3.53. The summed E-state index contributed by atoms with van der Waals surface area (Å²) in [5.41, 5.74) is 0. The van der Waals surface area contributed by atoms with E-state index in [-0.39, 0.29) is 17.8 Å². The number of nitrogens with zero attached hydrogens (tertiary/aromatic N) is 1. The fourth-order valence-corrected chi connectivity index (χ4v) is 1.71. The molecule has 0 aliphatic carbocycles. The maximum atomic E-state index is 10.9. The lowest BCUT2D eigenvalue weighted by Gasteiger charge is -2.34. The van der Waals surface area contributed by atoms with Crippen molar-refractivity contribution in [1.82, 2.24) is 10.2 Å². The number of hydrogen-bond acceptors (Lipinski definition) is 4. The molecule has 2 atom stereocenters. The third kappa shape index (κ3) is 1.85. The Morgan fingerprint density at radius 1 is 1.82 bits per heavy atom. The maximum Gasteiger partial charge on any atom is 0.235 e. The van der Waals surface area contributed by atoms with Gasteiger partial charge in [0.25, 0.3) is 0 Å². The van der Waals surface area contributed by atoms with E-state index in [9.17, 15) is 9.90 Å². The van der Waals surface area contributed by atoms with Crippen molar-refractivity contribution in [2.24, 2.45) is 0 Å². The molecule has 0 aromatic carbocycles. The van der Waals surface area contributed by atoms with Crippen LogP contribution in [0.5, 0.6) is 0 Å². The van der Waals surface area contributed by atoms with E-state index in [1.165, 1.54) is 11.8 Å². The van der Waals surface area contributed by atoms with Crippen molar-refractivity contribution in [2.75, 3.05) is 19.8 Å². The van der Waals surface area contributed by atoms with Gasteiger partial charge in [0.1, 0.15) is 11.6 Å². The molecule has 0 radical (unpaired) electrons. The predicted molar refractivity (Wildman–Crippen MR) is 44.1 cm³/mol. The summed E-state index contributed by atoms with van der Waals surface area (Å²) in [6.07, 6.45) is 1.29. The molecular weight excluding hydrogens is 164 g/mol. The Labute approximate surface area is 69.9 Å². The van der Waals surface area contributed by atoms with Crippen LogP contribution in [0.1, 0.15) is 0 Å². The van der Waals surface area contributed by atoms with Gasteiger partial charge in [0.15, 0.2) is 0 Å². The minimum atomic E-state index is -0.567. The van der Waals surface area contributed by atoms with Gasteiger partial charge < -0.3 is 10.4 Å². The quantitative estimate of drug-likeness (QED) is 0.541. The normalized spacial score (nSPS) is 33.5. The summed E-state index contributed by atoms with van der Waals surface area (Å²) in [6, 6.07) is 0. The van der Waals surface area contributed by atoms with Crippen molar-refractivity contribution in [3.8, 4) is 0 Å². The molecule has 1 aliphatic heterocycles. The molecule has 0 spiro atoms. The van der Waals surface area contributed by atoms with Crippen molar-refractivity contribution in [1.29, 1.82) is 0 Å². The van der Waals surface area contributed by atoms with Crippen LogP contribution in [-0.4, -0.2) is 47.4 Å². The molecule has 1 saturated heterocycles. The monoisotopic (exact) mass is 176 g/mol. The summed E-state index contributed by atoms with van der Waals surface area (Å²) in [5.74, 6) is -0.0304. The molecule has 1 heterocycles. The molecule has 1 rings (SSSR count). The van der Waals surface area contributed by atoms with E-state index in [0.717, 1.165) is 0 Å². The third-order valence-corrected chi connectivity index (χ3v) is 2.54. The summed E-state index contributed by atoms with van der Waals surface area (Å²) in [7, 11) is 1.73. The fourth-order valence-electron chi connectivity index (χ4n) is 1.01. The SMILES string of the molecule is CSC1NC(=O)CN(C)C1O. The van der Waals surface area contributed by atoms with Crippen molar-refractivity contribution >= 4 is 17.7 Å². The average Bonchev–Trinajstić information content (AvgIpc) is 1.96. The van der Waals surface area contributed by atoms with Crippen molar-refractivity contribution < 1.29 is 9.90 Å². The second kappa shape index (κ2) is 3.42. The van der Waals surface area contributed by atoms with Gasteiger partial charge in [-0.2, -0.15) is 0 Å². The molecule has 0 aromatic rings. The molecular formula is C6H12N2O2S. The van der Waals surface area contributed by atoms with E-state index < -0.39 is 6.23 Å². The first kappa shape index (κ1) is 8.83. The van der Waals surface area contributed by atoms with Crippen LogP contribution in [0.15, 0.2) is 0 Å². The van der Waals surface area contributed by atoms with Crippen LogP contribution in [-0.2, 0) is 4.79 Å². The summed E-state index contributed by atoms with van der Waals surface area (Å²) in [5, 5.41) is 11.9. The Morgan fingerprint density at radius 3 is 3.00 bits per heavy atom. The fraction of sp³-hybridized carbons (Fsp3) is 0.833. The van der Waals surface area contributed by atoms with Gasteiger partial charge in [-0.25, -0.2) is 0 Å². The zero-order chi connectivity index (χ0) is 8.43. The van der Waals surface area contributed by atoms with Gasteiger partial charge in [-0.3, -0.25) is 9.69 Å². The number of carbonyl (C=O) groups excluding carboxylic acids is 1. The molecule has 1 aliphatic rings. The highest BCUT2D eigenvalue weighted by molar-refractivity contribution is 7.99. The van der Waals surface area contributed by atoms with Crippen LogP contribution in [0.2, 0.25) is 0 Å². The number of thioether (sulfide) groups is 1. The Bertz CT molecular complexity index is 165. The topological polar surface area (TPSA) is 52.6 Å². The molecule has 0 bridgehead atoms. The first-order valence-corrected chi connectivity index (χ1v) is 4.64. The van der Waals surface area contributed by atoms with Gasteiger partial charge >= 0.3 is 0 Å². The molecule has 0 aromatic heterocycles. The summed E-state index contributed by atoms with van der Waals surface area (Å²) in [6.45, 7) is 0.276. The van der Waals surface area contributed by atoms with Gasteiger partial charge in [-0.05, 0) is 13.3 Å². The zero-order valence-electron chi connectivity index (χ0n) is 6.57. The van der Waals surface area contributed by atoms with Crippen LogP contribution < -0.4 is 5.32 Å². The van der Waals surface area contributed by atoms with Crippen LogP contribution >= 0.6 is 11.8 Å². The first-order valence-electron chi connectivity index (χ1n) is 3.35. The largest absolute Gasteiger partial charge is 0.375 e. The smallest absolute Gasteiger partial charge is 0.235 e. The van der Waals surface area contributed by atoms with Crippen molar-refractivity contribution in [3.63, 3.8) is 0 Å². The summed E-state index contributed by atoms with van der Waals surface area (Å²) in [4.78, 5) is 12.5.